The third-order valence-electron chi connectivity index (χ3n) is 7.52. The van der Waals surface area contributed by atoms with Crippen LogP contribution in [0.1, 0.15) is 65.2 Å². The molecule has 4 heterocycles. The first kappa shape index (κ1) is 27.6. The van der Waals surface area contributed by atoms with Crippen LogP contribution in [0.4, 0.5) is 0 Å². The summed E-state index contributed by atoms with van der Waals surface area (Å²) in [7, 11) is 4.30. The molecule has 0 amide bonds. The highest BCUT2D eigenvalue weighted by molar-refractivity contribution is 5.85. The van der Waals surface area contributed by atoms with Gasteiger partial charge in [0.25, 0.3) is 0 Å². The summed E-state index contributed by atoms with van der Waals surface area (Å²) >= 11 is 0. The van der Waals surface area contributed by atoms with E-state index in [4.69, 9.17) is 0 Å². The summed E-state index contributed by atoms with van der Waals surface area (Å²) in [5.41, 5.74) is 7.45. The van der Waals surface area contributed by atoms with Gasteiger partial charge in [0.1, 0.15) is 27.2 Å². The molecule has 0 aliphatic rings. The lowest BCUT2D eigenvalue weighted by Gasteiger charge is -2.10. The van der Waals surface area contributed by atoms with Crippen LogP contribution < -0.4 is 18.3 Å². The van der Waals surface area contributed by atoms with Gasteiger partial charge in [-0.3, -0.25) is 0 Å². The van der Waals surface area contributed by atoms with E-state index in [2.05, 4.69) is 132 Å². The van der Waals surface area contributed by atoms with E-state index in [1.807, 2.05) is 0 Å². The highest BCUT2D eigenvalue weighted by Gasteiger charge is 2.25. The lowest BCUT2D eigenvalue weighted by Crippen LogP contribution is -2.35. The Morgan fingerprint density at radius 2 is 0.868 bits per heavy atom. The number of aryl methyl sites for hydroxylation is 4. The summed E-state index contributed by atoms with van der Waals surface area (Å²) in [5.74, 6) is 0. The fourth-order valence-corrected chi connectivity index (χ4v) is 5.35. The van der Waals surface area contributed by atoms with Crippen molar-refractivity contribution in [2.24, 2.45) is 14.1 Å². The second kappa shape index (κ2) is 13.9. The van der Waals surface area contributed by atoms with E-state index in [0.717, 1.165) is 13.1 Å². The van der Waals surface area contributed by atoms with Crippen molar-refractivity contribution in [2.45, 2.75) is 78.3 Å². The summed E-state index contributed by atoms with van der Waals surface area (Å²) in [6.45, 7) is 6.70. The predicted molar refractivity (Wildman–Crippen MR) is 154 cm³/mol. The summed E-state index contributed by atoms with van der Waals surface area (Å²) < 4.78 is 9.14. The van der Waals surface area contributed by atoms with E-state index in [0.29, 0.717) is 0 Å². The van der Waals surface area contributed by atoms with Gasteiger partial charge in [0.2, 0.25) is 11.4 Å². The highest BCUT2D eigenvalue weighted by atomic mass is 15.0. The molecule has 38 heavy (non-hydrogen) atoms. The molecule has 4 heteroatoms. The normalized spacial score (nSPS) is 11.2. The number of rotatable bonds is 13. The average molecular weight is 511 g/mol. The van der Waals surface area contributed by atoms with Gasteiger partial charge in [-0.1, -0.05) is 39.5 Å². The standard InChI is InChI=1S/C34H46N4/c1-5-7-9-11-23-37-25-17-29(18-26-37)33-31(15-13-21-35(33)3)32-16-14-22-36(4)34(32)30-19-27-38(28-20-30)24-12-10-8-6-2/h13-22,25-28H,5-12,23-24H2,1-4H3/q+4. The minimum absolute atomic E-state index is 1.08. The van der Waals surface area contributed by atoms with Crippen LogP contribution in [0.15, 0.2) is 85.7 Å². The van der Waals surface area contributed by atoms with Gasteiger partial charge in [-0.2, -0.15) is 0 Å². The first-order chi connectivity index (χ1) is 18.6. The van der Waals surface area contributed by atoms with Gasteiger partial charge < -0.3 is 0 Å². The molecule has 0 radical (unpaired) electrons. The minimum Gasteiger partial charge on any atom is -0.205 e. The number of unbranched alkanes of at least 4 members (excludes halogenated alkanes) is 6. The fourth-order valence-electron chi connectivity index (χ4n) is 5.35. The van der Waals surface area contributed by atoms with E-state index >= 15 is 0 Å². The third kappa shape index (κ3) is 6.92. The molecule has 0 aliphatic carbocycles. The molecule has 0 N–H and O–H groups in total. The Labute approximate surface area is 229 Å². The number of aromatic nitrogens is 4. The van der Waals surface area contributed by atoms with Crippen LogP contribution in [0.5, 0.6) is 0 Å². The Morgan fingerprint density at radius 1 is 0.474 bits per heavy atom. The molecule has 4 aromatic rings. The van der Waals surface area contributed by atoms with Gasteiger partial charge in [0.05, 0.1) is 22.3 Å². The molecule has 0 spiro atoms. The first-order valence-electron chi connectivity index (χ1n) is 14.6. The molecule has 4 aromatic heterocycles. The SMILES string of the molecule is CCCCCC[n+]1ccc(-c2c(-c3ccc[n+](C)c3-c3cc[n+](CCCCCC)cc3)ccc[n+]2C)cc1. The molecular formula is C34H46N4+4. The predicted octanol–water partition coefficient (Wildman–Crippen LogP) is 6.07. The Bertz CT molecular complexity index is 1190. The second-order valence-corrected chi connectivity index (χ2v) is 10.5. The summed E-state index contributed by atoms with van der Waals surface area (Å²) in [6, 6.07) is 17.9. The van der Waals surface area contributed by atoms with Crippen LogP contribution in [0, 0.1) is 0 Å². The molecule has 198 valence electrons. The van der Waals surface area contributed by atoms with Crippen molar-refractivity contribution in [3.8, 4) is 33.6 Å². The average Bonchev–Trinajstić information content (AvgIpc) is 2.94. The molecule has 0 aliphatic heterocycles. The molecule has 4 nitrogen and oxygen atoms in total. The van der Waals surface area contributed by atoms with Crippen molar-refractivity contribution in [1.82, 2.24) is 0 Å². The Hall–Kier alpha value is -3.40. The summed E-state index contributed by atoms with van der Waals surface area (Å²) in [5, 5.41) is 0. The summed E-state index contributed by atoms with van der Waals surface area (Å²) in [6.07, 6.45) is 23.5. The zero-order valence-electron chi connectivity index (χ0n) is 23.9. The Kier molecular flexibility index (Phi) is 10.1. The van der Waals surface area contributed by atoms with Gasteiger partial charge in [-0.05, 0) is 25.0 Å². The van der Waals surface area contributed by atoms with Gasteiger partial charge in [-0.15, -0.1) is 0 Å². The molecule has 0 bridgehead atoms. The maximum Gasteiger partial charge on any atom is 0.220 e. The third-order valence-corrected chi connectivity index (χ3v) is 7.52. The fraction of sp³-hybridized carbons (Fsp3) is 0.412. The topological polar surface area (TPSA) is 15.5 Å². The zero-order chi connectivity index (χ0) is 26.7. The first-order valence-corrected chi connectivity index (χ1v) is 14.6. The number of hydrogen-bond donors (Lipinski definition) is 0. The van der Waals surface area contributed by atoms with Crippen LogP contribution in [0.2, 0.25) is 0 Å². The molecule has 0 unspecified atom stereocenters. The lowest BCUT2D eigenvalue weighted by atomic mass is 9.95. The van der Waals surface area contributed by atoms with Gasteiger partial charge in [0, 0.05) is 49.2 Å². The Morgan fingerprint density at radius 3 is 1.24 bits per heavy atom. The monoisotopic (exact) mass is 510 g/mol. The largest absolute Gasteiger partial charge is 0.220 e. The van der Waals surface area contributed by atoms with Crippen molar-refractivity contribution >= 4 is 0 Å². The number of pyridine rings is 4. The maximum atomic E-state index is 2.32. The lowest BCUT2D eigenvalue weighted by molar-refractivity contribution is -0.697. The molecule has 0 fully saturated rings. The van der Waals surface area contributed by atoms with Crippen molar-refractivity contribution < 1.29 is 18.3 Å². The number of hydrogen-bond acceptors (Lipinski definition) is 0. The molecule has 0 saturated carbocycles. The number of nitrogens with zero attached hydrogens (tertiary/aromatic N) is 4. The Balaban J connectivity index is 1.66. The molecule has 0 saturated heterocycles. The molecule has 4 rings (SSSR count). The molecule has 0 atom stereocenters. The highest BCUT2D eigenvalue weighted by Crippen LogP contribution is 2.34. The van der Waals surface area contributed by atoms with Crippen molar-refractivity contribution in [1.29, 1.82) is 0 Å². The minimum atomic E-state index is 1.08. The van der Waals surface area contributed by atoms with Crippen LogP contribution >= 0.6 is 0 Å². The summed E-state index contributed by atoms with van der Waals surface area (Å²) in [4.78, 5) is 0. The maximum absolute atomic E-state index is 2.32. The quantitative estimate of drug-likeness (QED) is 0.153. The second-order valence-electron chi connectivity index (χ2n) is 10.5. The van der Waals surface area contributed by atoms with E-state index < -0.39 is 0 Å². The van der Waals surface area contributed by atoms with Crippen molar-refractivity contribution in [2.75, 3.05) is 0 Å². The van der Waals surface area contributed by atoms with Gasteiger partial charge >= 0.3 is 0 Å². The molecular weight excluding hydrogens is 464 g/mol. The smallest absolute Gasteiger partial charge is 0.205 e. The molecule has 0 aromatic carbocycles. The van der Waals surface area contributed by atoms with Crippen LogP contribution in [-0.2, 0) is 27.2 Å². The van der Waals surface area contributed by atoms with Crippen LogP contribution in [0.25, 0.3) is 33.6 Å². The van der Waals surface area contributed by atoms with Gasteiger partial charge in [0.15, 0.2) is 37.2 Å². The van der Waals surface area contributed by atoms with E-state index in [1.165, 1.54) is 85.0 Å². The van der Waals surface area contributed by atoms with E-state index in [-0.39, 0.29) is 0 Å². The van der Waals surface area contributed by atoms with Crippen molar-refractivity contribution in [3.05, 3.63) is 85.7 Å². The van der Waals surface area contributed by atoms with Crippen LogP contribution in [-0.4, -0.2) is 0 Å². The zero-order valence-corrected chi connectivity index (χ0v) is 23.9. The van der Waals surface area contributed by atoms with E-state index in [1.54, 1.807) is 0 Å². The van der Waals surface area contributed by atoms with E-state index in [9.17, 15) is 0 Å². The van der Waals surface area contributed by atoms with Gasteiger partial charge in [-0.25, -0.2) is 18.3 Å². The van der Waals surface area contributed by atoms with Crippen molar-refractivity contribution in [3.63, 3.8) is 0 Å². The van der Waals surface area contributed by atoms with Crippen LogP contribution in [0.3, 0.4) is 0 Å².